The Labute approximate surface area is 128 Å². The third-order valence-corrected chi connectivity index (χ3v) is 3.22. The van der Waals surface area contributed by atoms with Gasteiger partial charge in [0.1, 0.15) is 11.3 Å². The Morgan fingerprint density at radius 3 is 2.67 bits per heavy atom. The summed E-state index contributed by atoms with van der Waals surface area (Å²) >= 11 is 5.87. The molecular weight excluding hydrogens is 296 g/mol. The molecule has 1 atom stereocenters. The van der Waals surface area contributed by atoms with Gasteiger partial charge < -0.3 is 20.5 Å². The number of nitrogens with one attached hydrogen (secondary N) is 1. The fourth-order valence-corrected chi connectivity index (χ4v) is 1.69. The van der Waals surface area contributed by atoms with Crippen molar-refractivity contribution in [2.24, 2.45) is 0 Å². The van der Waals surface area contributed by atoms with Crippen molar-refractivity contribution in [3.05, 3.63) is 22.7 Å². The van der Waals surface area contributed by atoms with Crippen LogP contribution in [0.4, 0.5) is 5.69 Å². The monoisotopic (exact) mass is 314 g/mol. The Hall–Kier alpha value is -1.95. The topological polar surface area (TPSA) is 90.7 Å². The molecule has 7 heteroatoms. The van der Waals surface area contributed by atoms with Crippen LogP contribution in [0.25, 0.3) is 0 Å². The van der Waals surface area contributed by atoms with Gasteiger partial charge in [0, 0.05) is 12.1 Å². The maximum Gasteiger partial charge on any atom is 0.342 e. The summed E-state index contributed by atoms with van der Waals surface area (Å²) in [6.07, 6.45) is 0.793. The molecule has 0 aliphatic rings. The summed E-state index contributed by atoms with van der Waals surface area (Å²) < 4.78 is 9.99. The highest BCUT2D eigenvalue weighted by atomic mass is 35.5. The number of rotatable bonds is 6. The number of hydrogen-bond donors (Lipinski definition) is 2. The first-order chi connectivity index (χ1) is 9.88. The quantitative estimate of drug-likeness (QED) is 0.619. The molecule has 1 rings (SSSR count). The zero-order chi connectivity index (χ0) is 16.0. The van der Waals surface area contributed by atoms with Gasteiger partial charge in [0.25, 0.3) is 5.91 Å². The molecule has 0 heterocycles. The van der Waals surface area contributed by atoms with Crippen LogP contribution in [-0.4, -0.2) is 31.6 Å². The molecule has 6 nitrogen and oxygen atoms in total. The van der Waals surface area contributed by atoms with Crippen molar-refractivity contribution in [2.75, 3.05) is 19.5 Å². The van der Waals surface area contributed by atoms with E-state index in [0.717, 1.165) is 6.42 Å². The lowest BCUT2D eigenvalue weighted by Gasteiger charge is -2.13. The molecule has 0 aliphatic heterocycles. The Kier molecular flexibility index (Phi) is 6.30. The van der Waals surface area contributed by atoms with E-state index in [1.165, 1.54) is 19.2 Å². The third-order valence-electron chi connectivity index (χ3n) is 2.89. The molecule has 1 amide bonds. The number of anilines is 1. The smallest absolute Gasteiger partial charge is 0.342 e. The molecule has 0 bridgehead atoms. The number of methoxy groups -OCH3 is 1. The van der Waals surface area contributed by atoms with E-state index in [0.29, 0.717) is 5.69 Å². The van der Waals surface area contributed by atoms with Gasteiger partial charge in [0.05, 0.1) is 17.8 Å². The Balaban J connectivity index is 2.72. The van der Waals surface area contributed by atoms with Gasteiger partial charge in [-0.1, -0.05) is 18.5 Å². The van der Waals surface area contributed by atoms with Crippen LogP contribution in [0.5, 0.6) is 5.75 Å². The van der Waals surface area contributed by atoms with Crippen LogP contribution in [0, 0.1) is 0 Å². The summed E-state index contributed by atoms with van der Waals surface area (Å²) in [6.45, 7) is 3.44. The van der Waals surface area contributed by atoms with Crippen LogP contribution in [0.1, 0.15) is 30.6 Å². The second-order valence-corrected chi connectivity index (χ2v) is 4.93. The van der Waals surface area contributed by atoms with Gasteiger partial charge in [-0.3, -0.25) is 4.79 Å². The van der Waals surface area contributed by atoms with Crippen molar-refractivity contribution in [1.82, 2.24) is 5.32 Å². The molecule has 0 unspecified atom stereocenters. The summed E-state index contributed by atoms with van der Waals surface area (Å²) in [5, 5.41) is 2.91. The number of nitrogens with two attached hydrogens (primary N) is 1. The predicted molar refractivity (Wildman–Crippen MR) is 80.6 cm³/mol. The molecule has 1 aromatic rings. The van der Waals surface area contributed by atoms with Crippen molar-refractivity contribution in [1.29, 1.82) is 0 Å². The van der Waals surface area contributed by atoms with Crippen LogP contribution in [0.2, 0.25) is 5.02 Å². The van der Waals surface area contributed by atoms with Gasteiger partial charge in [0.15, 0.2) is 6.61 Å². The van der Waals surface area contributed by atoms with Gasteiger partial charge in [-0.2, -0.15) is 0 Å². The fourth-order valence-electron chi connectivity index (χ4n) is 1.52. The van der Waals surface area contributed by atoms with Crippen molar-refractivity contribution < 1.29 is 19.1 Å². The predicted octanol–water partition coefficient (Wildman–Crippen LogP) is 2.00. The fraction of sp³-hybridized carbons (Fsp3) is 0.429. The van der Waals surface area contributed by atoms with Gasteiger partial charge >= 0.3 is 5.97 Å². The molecule has 1 aromatic carbocycles. The van der Waals surface area contributed by atoms with Crippen molar-refractivity contribution in [3.63, 3.8) is 0 Å². The first-order valence-electron chi connectivity index (χ1n) is 6.48. The molecule has 0 spiro atoms. The molecule has 0 fully saturated rings. The first-order valence-corrected chi connectivity index (χ1v) is 6.86. The molecule has 0 radical (unpaired) electrons. The van der Waals surface area contributed by atoms with Crippen LogP contribution in [0.15, 0.2) is 12.1 Å². The molecule has 116 valence electrons. The molecular formula is C14H19ClN2O4. The van der Waals surface area contributed by atoms with Gasteiger partial charge in [0.2, 0.25) is 0 Å². The van der Waals surface area contributed by atoms with Crippen molar-refractivity contribution in [2.45, 2.75) is 26.3 Å². The third kappa shape index (κ3) is 4.82. The summed E-state index contributed by atoms with van der Waals surface area (Å²) in [6, 6.07) is 2.81. The van der Waals surface area contributed by atoms with Crippen LogP contribution in [0.3, 0.4) is 0 Å². The van der Waals surface area contributed by atoms with Crippen molar-refractivity contribution in [3.8, 4) is 5.75 Å². The van der Waals surface area contributed by atoms with E-state index in [2.05, 4.69) is 5.32 Å². The number of carbonyl (C=O) groups is 2. The lowest BCUT2D eigenvalue weighted by Crippen LogP contribution is -2.35. The number of benzene rings is 1. The number of ether oxygens (including phenoxy) is 2. The molecule has 0 saturated heterocycles. The Bertz CT molecular complexity index is 534. The highest BCUT2D eigenvalue weighted by molar-refractivity contribution is 6.33. The second kappa shape index (κ2) is 7.73. The number of hydrogen-bond acceptors (Lipinski definition) is 5. The van der Waals surface area contributed by atoms with E-state index in [-0.39, 0.29) is 34.9 Å². The standard InChI is InChI=1S/C14H19ClN2O4/c1-4-8(2)17-13(18)7-21-14(19)9-5-10(15)11(16)6-12(9)20-3/h5-6,8H,4,7,16H2,1-3H3,(H,17,18)/t8-/m1/s1. The number of amides is 1. The average molecular weight is 315 g/mol. The second-order valence-electron chi connectivity index (χ2n) is 4.53. The SMILES string of the molecule is CC[C@@H](C)NC(=O)COC(=O)c1cc(Cl)c(N)cc1OC. The van der Waals surface area contributed by atoms with E-state index in [9.17, 15) is 9.59 Å². The molecule has 3 N–H and O–H groups in total. The summed E-state index contributed by atoms with van der Waals surface area (Å²) in [4.78, 5) is 23.5. The molecule has 21 heavy (non-hydrogen) atoms. The van der Waals surface area contributed by atoms with E-state index >= 15 is 0 Å². The Morgan fingerprint density at radius 1 is 1.43 bits per heavy atom. The van der Waals surface area contributed by atoms with Gasteiger partial charge in [-0.15, -0.1) is 0 Å². The van der Waals surface area contributed by atoms with Crippen LogP contribution < -0.4 is 15.8 Å². The highest BCUT2D eigenvalue weighted by Crippen LogP contribution is 2.29. The number of esters is 1. The summed E-state index contributed by atoms with van der Waals surface area (Å²) in [5.41, 5.74) is 6.04. The first kappa shape index (κ1) is 17.1. The largest absolute Gasteiger partial charge is 0.496 e. The van der Waals surface area contributed by atoms with Crippen LogP contribution in [-0.2, 0) is 9.53 Å². The molecule has 0 saturated carbocycles. The van der Waals surface area contributed by atoms with E-state index in [4.69, 9.17) is 26.8 Å². The molecule has 0 aliphatic carbocycles. The lowest BCUT2D eigenvalue weighted by molar-refractivity contribution is -0.124. The number of halogens is 1. The minimum atomic E-state index is -0.701. The zero-order valence-electron chi connectivity index (χ0n) is 12.2. The number of carbonyl (C=O) groups excluding carboxylic acids is 2. The number of nitrogen functional groups attached to an aromatic ring is 1. The minimum Gasteiger partial charge on any atom is -0.496 e. The summed E-state index contributed by atoms with van der Waals surface area (Å²) in [5.74, 6) is -0.824. The van der Waals surface area contributed by atoms with Crippen LogP contribution >= 0.6 is 11.6 Å². The highest BCUT2D eigenvalue weighted by Gasteiger charge is 2.18. The van der Waals surface area contributed by atoms with E-state index in [1.807, 2.05) is 13.8 Å². The van der Waals surface area contributed by atoms with E-state index < -0.39 is 5.97 Å². The van der Waals surface area contributed by atoms with Gasteiger partial charge in [-0.05, 0) is 19.4 Å². The average Bonchev–Trinajstić information content (AvgIpc) is 2.46. The van der Waals surface area contributed by atoms with Gasteiger partial charge in [-0.25, -0.2) is 4.79 Å². The Morgan fingerprint density at radius 2 is 2.10 bits per heavy atom. The summed E-state index contributed by atoms with van der Waals surface area (Å²) in [7, 11) is 1.40. The molecule has 0 aromatic heterocycles. The lowest BCUT2D eigenvalue weighted by atomic mass is 10.2. The minimum absolute atomic E-state index is 0.0247. The van der Waals surface area contributed by atoms with E-state index in [1.54, 1.807) is 0 Å². The van der Waals surface area contributed by atoms with Crippen molar-refractivity contribution >= 4 is 29.2 Å². The maximum absolute atomic E-state index is 12.0. The normalized spacial score (nSPS) is 11.6. The maximum atomic E-state index is 12.0. The zero-order valence-corrected chi connectivity index (χ0v) is 13.0.